The summed E-state index contributed by atoms with van der Waals surface area (Å²) in [7, 11) is -4.06. The minimum absolute atomic E-state index is 0.0352. The molecule has 0 radical (unpaired) electrons. The van der Waals surface area contributed by atoms with Gasteiger partial charge in [0.15, 0.2) is 9.84 Å². The van der Waals surface area contributed by atoms with Crippen LogP contribution in [0.3, 0.4) is 0 Å². The second kappa shape index (κ2) is 10.5. The first kappa shape index (κ1) is 28.9. The number of amides is 1. The van der Waals surface area contributed by atoms with E-state index in [0.717, 1.165) is 28.8 Å². The Bertz CT molecular complexity index is 1420. The van der Waals surface area contributed by atoms with Crippen LogP contribution >= 0.6 is 0 Å². The number of hydrogen-bond acceptors (Lipinski definition) is 3. The first-order chi connectivity index (χ1) is 18.2. The standard InChI is InChI=1S/C31H34F3NO3S/c1-29(2,24-15-13-23(14-16-24)22-9-6-5-7-10-22)28(36)35-19-17-25(18-20-35)30(3,4)39(37,38)27-12-8-11-26(21-27)31(32,33)34/h5-16,21,25H,17-20H2,1-4H3. The highest BCUT2D eigenvalue weighted by Gasteiger charge is 2.46. The summed E-state index contributed by atoms with van der Waals surface area (Å²) in [5.41, 5.74) is 1.29. The molecule has 3 aromatic carbocycles. The molecule has 4 nitrogen and oxygen atoms in total. The van der Waals surface area contributed by atoms with Crippen molar-refractivity contribution in [2.24, 2.45) is 5.92 Å². The summed E-state index contributed by atoms with van der Waals surface area (Å²) in [5.74, 6) is -0.346. The molecule has 8 heteroatoms. The van der Waals surface area contributed by atoms with Crippen molar-refractivity contribution in [3.05, 3.63) is 90.0 Å². The van der Waals surface area contributed by atoms with Crippen LogP contribution < -0.4 is 0 Å². The van der Waals surface area contributed by atoms with Crippen molar-refractivity contribution in [1.29, 1.82) is 0 Å². The third-order valence-electron chi connectivity index (χ3n) is 8.18. The van der Waals surface area contributed by atoms with Crippen molar-refractivity contribution in [3.63, 3.8) is 0 Å². The van der Waals surface area contributed by atoms with E-state index in [4.69, 9.17) is 0 Å². The smallest absolute Gasteiger partial charge is 0.342 e. The van der Waals surface area contributed by atoms with E-state index in [-0.39, 0.29) is 16.7 Å². The van der Waals surface area contributed by atoms with Crippen molar-refractivity contribution >= 4 is 15.7 Å². The molecule has 3 aromatic rings. The van der Waals surface area contributed by atoms with Crippen LogP contribution in [0, 0.1) is 5.92 Å². The highest BCUT2D eigenvalue weighted by molar-refractivity contribution is 7.92. The summed E-state index contributed by atoms with van der Waals surface area (Å²) in [6.45, 7) is 7.70. The Morgan fingerprint density at radius 3 is 1.90 bits per heavy atom. The van der Waals surface area contributed by atoms with Gasteiger partial charge in [0.05, 0.1) is 20.6 Å². The van der Waals surface area contributed by atoms with Gasteiger partial charge in [-0.1, -0.05) is 60.7 Å². The van der Waals surface area contributed by atoms with Crippen molar-refractivity contribution in [1.82, 2.24) is 4.90 Å². The van der Waals surface area contributed by atoms with Crippen molar-refractivity contribution < 1.29 is 26.4 Å². The van der Waals surface area contributed by atoms with E-state index in [1.54, 1.807) is 18.7 Å². The molecule has 0 saturated carbocycles. The highest BCUT2D eigenvalue weighted by Crippen LogP contribution is 2.40. The van der Waals surface area contributed by atoms with Gasteiger partial charge >= 0.3 is 6.18 Å². The molecule has 0 unspecified atom stereocenters. The quantitative estimate of drug-likeness (QED) is 0.324. The van der Waals surface area contributed by atoms with Crippen molar-refractivity contribution in [2.45, 2.75) is 61.8 Å². The van der Waals surface area contributed by atoms with Gasteiger partial charge in [0, 0.05) is 13.1 Å². The van der Waals surface area contributed by atoms with E-state index in [2.05, 4.69) is 0 Å². The molecular weight excluding hydrogens is 523 g/mol. The van der Waals surface area contributed by atoms with Crippen molar-refractivity contribution in [2.75, 3.05) is 13.1 Å². The Morgan fingerprint density at radius 1 is 0.769 bits per heavy atom. The van der Waals surface area contributed by atoms with Gasteiger partial charge in [-0.15, -0.1) is 0 Å². The van der Waals surface area contributed by atoms with Gasteiger partial charge in [0.2, 0.25) is 5.91 Å². The number of piperidine rings is 1. The Labute approximate surface area is 228 Å². The van der Waals surface area contributed by atoms with Crippen LogP contribution in [0.4, 0.5) is 13.2 Å². The molecule has 1 fully saturated rings. The SMILES string of the molecule is CC(C)(C(=O)N1CCC(C(C)(C)S(=O)(=O)c2cccc(C(F)(F)F)c2)CC1)c1ccc(-c2ccccc2)cc1. The van der Waals surface area contributed by atoms with Gasteiger partial charge in [-0.25, -0.2) is 8.42 Å². The molecular formula is C31H34F3NO3S. The summed E-state index contributed by atoms with van der Waals surface area (Å²) in [6.07, 6.45) is -3.74. The summed E-state index contributed by atoms with van der Waals surface area (Å²) in [4.78, 5) is 15.0. The van der Waals surface area contributed by atoms with Crippen LogP contribution in [-0.4, -0.2) is 37.1 Å². The first-order valence-corrected chi connectivity index (χ1v) is 14.5. The van der Waals surface area contributed by atoms with Crippen LogP contribution in [0.5, 0.6) is 0 Å². The van der Waals surface area contributed by atoms with Crippen LogP contribution in [-0.2, 0) is 26.2 Å². The molecule has 39 heavy (non-hydrogen) atoms. The summed E-state index contributed by atoms with van der Waals surface area (Å²) in [6, 6.07) is 21.9. The van der Waals surface area contributed by atoms with E-state index >= 15 is 0 Å². The second-order valence-corrected chi connectivity index (χ2v) is 13.8. The number of carbonyl (C=O) groups is 1. The first-order valence-electron chi connectivity index (χ1n) is 13.0. The minimum atomic E-state index is -4.63. The number of rotatable bonds is 6. The van der Waals surface area contributed by atoms with Crippen molar-refractivity contribution in [3.8, 4) is 11.1 Å². The number of nitrogens with zero attached hydrogens (tertiary/aromatic N) is 1. The number of carbonyl (C=O) groups excluding carboxylic acids is 1. The van der Waals surface area contributed by atoms with Gasteiger partial charge in [0.1, 0.15) is 0 Å². The zero-order valence-electron chi connectivity index (χ0n) is 22.6. The lowest BCUT2D eigenvalue weighted by Crippen LogP contribution is -2.51. The maximum Gasteiger partial charge on any atom is 0.416 e. The zero-order valence-corrected chi connectivity index (χ0v) is 23.4. The molecule has 0 aromatic heterocycles. The van der Waals surface area contributed by atoms with Crippen LogP contribution in [0.15, 0.2) is 83.8 Å². The summed E-state index contributed by atoms with van der Waals surface area (Å²) in [5, 5.41) is 0. The molecule has 0 spiro atoms. The number of hydrogen-bond donors (Lipinski definition) is 0. The molecule has 1 saturated heterocycles. The van der Waals surface area contributed by atoms with Gasteiger partial charge < -0.3 is 4.90 Å². The van der Waals surface area contributed by atoms with E-state index in [9.17, 15) is 26.4 Å². The Morgan fingerprint density at radius 2 is 1.33 bits per heavy atom. The Hall–Kier alpha value is -3.13. The fraction of sp³-hybridized carbons (Fsp3) is 0.387. The normalized spacial score (nSPS) is 15.8. The predicted octanol–water partition coefficient (Wildman–Crippen LogP) is 7.14. The average Bonchev–Trinajstić information content (AvgIpc) is 2.92. The summed E-state index contributed by atoms with van der Waals surface area (Å²) < 4.78 is 65.3. The van der Waals surface area contributed by atoms with Crippen LogP contribution in [0.25, 0.3) is 11.1 Å². The van der Waals surface area contributed by atoms with Gasteiger partial charge in [-0.2, -0.15) is 13.2 Å². The molecule has 0 bridgehead atoms. The fourth-order valence-electron chi connectivity index (χ4n) is 5.37. The topological polar surface area (TPSA) is 54.5 Å². The number of benzene rings is 3. The molecule has 0 aliphatic carbocycles. The van der Waals surface area contributed by atoms with E-state index in [0.29, 0.717) is 32.0 Å². The molecule has 0 atom stereocenters. The monoisotopic (exact) mass is 557 g/mol. The lowest BCUT2D eigenvalue weighted by atomic mass is 9.80. The second-order valence-electron chi connectivity index (χ2n) is 11.3. The van der Waals surface area contributed by atoms with E-state index < -0.39 is 31.7 Å². The third kappa shape index (κ3) is 5.62. The average molecular weight is 558 g/mol. The van der Waals surface area contributed by atoms with Crippen LogP contribution in [0.1, 0.15) is 51.7 Å². The van der Waals surface area contributed by atoms with E-state index in [1.165, 1.54) is 6.07 Å². The lowest BCUT2D eigenvalue weighted by molar-refractivity contribution is -0.138. The molecule has 1 heterocycles. The maximum absolute atomic E-state index is 13.6. The van der Waals surface area contributed by atoms with Gasteiger partial charge in [-0.3, -0.25) is 4.79 Å². The number of sulfone groups is 1. The lowest BCUT2D eigenvalue weighted by Gasteiger charge is -2.42. The van der Waals surface area contributed by atoms with E-state index in [1.807, 2.05) is 68.4 Å². The van der Waals surface area contributed by atoms with Crippen LogP contribution in [0.2, 0.25) is 0 Å². The molecule has 4 rings (SSSR count). The zero-order chi connectivity index (χ0) is 28.6. The molecule has 1 aliphatic heterocycles. The van der Waals surface area contributed by atoms with Gasteiger partial charge in [0.25, 0.3) is 0 Å². The number of alkyl halides is 3. The third-order valence-corrected chi connectivity index (χ3v) is 10.8. The minimum Gasteiger partial charge on any atom is -0.342 e. The largest absolute Gasteiger partial charge is 0.416 e. The number of likely N-dealkylation sites (tertiary alicyclic amines) is 1. The maximum atomic E-state index is 13.6. The molecule has 1 aliphatic rings. The predicted molar refractivity (Wildman–Crippen MR) is 147 cm³/mol. The summed E-state index contributed by atoms with van der Waals surface area (Å²) >= 11 is 0. The molecule has 208 valence electrons. The van der Waals surface area contributed by atoms with Gasteiger partial charge in [-0.05, 0) is 81.3 Å². The Balaban J connectivity index is 1.46. The number of halogens is 3. The Kier molecular flexibility index (Phi) is 7.74. The molecule has 1 amide bonds. The highest BCUT2D eigenvalue weighted by atomic mass is 32.2. The fourth-order valence-corrected chi connectivity index (χ4v) is 7.19. The molecule has 0 N–H and O–H groups in total.